The molecule has 1 saturated heterocycles. The molecule has 0 aromatic heterocycles. The summed E-state index contributed by atoms with van der Waals surface area (Å²) in [4.78, 5) is 16.9. The highest BCUT2D eigenvalue weighted by molar-refractivity contribution is 5.83. The number of likely N-dealkylation sites (N-methyl/N-ethyl adjacent to an activating group) is 2. The van der Waals surface area contributed by atoms with Gasteiger partial charge < -0.3 is 10.2 Å². The number of nitrogens with zero attached hydrogens (tertiary/aromatic N) is 2. The van der Waals surface area contributed by atoms with E-state index in [2.05, 4.69) is 44.8 Å². The van der Waals surface area contributed by atoms with Gasteiger partial charge in [0.15, 0.2) is 0 Å². The van der Waals surface area contributed by atoms with Crippen LogP contribution in [0, 0.1) is 5.41 Å². The van der Waals surface area contributed by atoms with Gasteiger partial charge in [0.2, 0.25) is 5.91 Å². The number of hydrogen-bond donors (Lipinski definition) is 1. The molecule has 0 spiro atoms. The van der Waals surface area contributed by atoms with Crippen LogP contribution in [-0.2, 0) is 4.79 Å². The van der Waals surface area contributed by atoms with Crippen LogP contribution >= 0.6 is 0 Å². The quantitative estimate of drug-likeness (QED) is 0.804. The summed E-state index contributed by atoms with van der Waals surface area (Å²) in [6.45, 7) is 13.3. The third-order valence-electron chi connectivity index (χ3n) is 3.55. The second kappa shape index (κ2) is 5.17. The van der Waals surface area contributed by atoms with Crippen LogP contribution in [0.15, 0.2) is 0 Å². The maximum Gasteiger partial charge on any atom is 0.241 e. The molecule has 0 bridgehead atoms. The molecule has 0 aliphatic carbocycles. The third-order valence-corrected chi connectivity index (χ3v) is 3.55. The molecular formula is C14H29N3O. The Morgan fingerprint density at radius 2 is 1.89 bits per heavy atom. The molecule has 1 atom stereocenters. The first-order chi connectivity index (χ1) is 8.08. The van der Waals surface area contributed by atoms with Crippen LogP contribution in [0.3, 0.4) is 0 Å². The second-order valence-corrected chi connectivity index (χ2v) is 7.25. The van der Waals surface area contributed by atoms with Crippen LogP contribution in [0.4, 0.5) is 0 Å². The fourth-order valence-corrected chi connectivity index (χ4v) is 2.71. The molecule has 0 aromatic carbocycles. The highest BCUT2D eigenvalue weighted by atomic mass is 16.2. The van der Waals surface area contributed by atoms with Crippen LogP contribution < -0.4 is 5.32 Å². The Balaban J connectivity index is 3.07. The maximum absolute atomic E-state index is 12.7. The van der Waals surface area contributed by atoms with Gasteiger partial charge >= 0.3 is 0 Å². The van der Waals surface area contributed by atoms with Crippen molar-refractivity contribution in [3.63, 3.8) is 0 Å². The number of carbonyl (C=O) groups excluding carboxylic acids is 1. The van der Waals surface area contributed by atoms with E-state index in [1.165, 1.54) is 0 Å². The maximum atomic E-state index is 12.7. The van der Waals surface area contributed by atoms with Crippen molar-refractivity contribution < 1.29 is 4.79 Å². The van der Waals surface area contributed by atoms with Crippen molar-refractivity contribution in [2.45, 2.75) is 46.2 Å². The van der Waals surface area contributed by atoms with Crippen LogP contribution in [0.25, 0.3) is 0 Å². The predicted octanol–water partition coefficient (Wildman–Crippen LogP) is 1.17. The minimum absolute atomic E-state index is 0.0593. The van der Waals surface area contributed by atoms with Gasteiger partial charge in [-0.25, -0.2) is 0 Å². The average molecular weight is 255 g/mol. The summed E-state index contributed by atoms with van der Waals surface area (Å²) in [5, 5.41) is 3.14. The first kappa shape index (κ1) is 15.4. The first-order valence-corrected chi connectivity index (χ1v) is 6.75. The molecule has 1 heterocycles. The van der Waals surface area contributed by atoms with Crippen LogP contribution in [-0.4, -0.2) is 61.0 Å². The van der Waals surface area contributed by atoms with Gasteiger partial charge in [0.1, 0.15) is 6.04 Å². The summed E-state index contributed by atoms with van der Waals surface area (Å²) in [7, 11) is 3.95. The van der Waals surface area contributed by atoms with Gasteiger partial charge in [-0.05, 0) is 40.3 Å². The van der Waals surface area contributed by atoms with Crippen LogP contribution in [0.5, 0.6) is 0 Å². The van der Waals surface area contributed by atoms with Crippen molar-refractivity contribution in [3.05, 3.63) is 0 Å². The van der Waals surface area contributed by atoms with E-state index in [-0.39, 0.29) is 22.9 Å². The summed E-state index contributed by atoms with van der Waals surface area (Å²) in [6.07, 6.45) is 0. The molecule has 1 aliphatic rings. The van der Waals surface area contributed by atoms with E-state index in [0.717, 1.165) is 13.1 Å². The van der Waals surface area contributed by atoms with Crippen molar-refractivity contribution in [1.29, 1.82) is 0 Å². The van der Waals surface area contributed by atoms with Crippen molar-refractivity contribution >= 4 is 5.91 Å². The van der Waals surface area contributed by atoms with Gasteiger partial charge in [0, 0.05) is 25.2 Å². The lowest BCUT2D eigenvalue weighted by atomic mass is 9.91. The fourth-order valence-electron chi connectivity index (χ4n) is 2.71. The van der Waals surface area contributed by atoms with E-state index >= 15 is 0 Å². The lowest BCUT2D eigenvalue weighted by molar-refractivity contribution is -0.140. The normalized spacial score (nSPS) is 26.3. The van der Waals surface area contributed by atoms with Crippen LogP contribution in [0.1, 0.15) is 34.6 Å². The van der Waals surface area contributed by atoms with E-state index < -0.39 is 0 Å². The van der Waals surface area contributed by atoms with Gasteiger partial charge in [-0.15, -0.1) is 0 Å². The summed E-state index contributed by atoms with van der Waals surface area (Å²) in [5.74, 6) is 0.241. The number of hydrogen-bond acceptors (Lipinski definition) is 3. The number of carbonyl (C=O) groups is 1. The Morgan fingerprint density at radius 1 is 1.33 bits per heavy atom. The molecule has 0 saturated carbocycles. The second-order valence-electron chi connectivity index (χ2n) is 7.25. The summed E-state index contributed by atoms with van der Waals surface area (Å²) in [5.41, 5.74) is 0.00566. The Labute approximate surface area is 112 Å². The zero-order valence-electron chi connectivity index (χ0n) is 13.0. The molecule has 106 valence electrons. The molecule has 0 aromatic rings. The minimum atomic E-state index is -0.120. The summed E-state index contributed by atoms with van der Waals surface area (Å²) in [6, 6.07) is -0.0593. The largest absolute Gasteiger partial charge is 0.336 e. The Hall–Kier alpha value is -0.610. The van der Waals surface area contributed by atoms with Gasteiger partial charge in [0.25, 0.3) is 0 Å². The highest BCUT2D eigenvalue weighted by Gasteiger charge is 2.41. The Morgan fingerprint density at radius 3 is 2.33 bits per heavy atom. The molecule has 4 heteroatoms. The molecule has 1 N–H and O–H groups in total. The molecule has 18 heavy (non-hydrogen) atoms. The smallest absolute Gasteiger partial charge is 0.241 e. The zero-order valence-corrected chi connectivity index (χ0v) is 13.0. The van der Waals surface area contributed by atoms with Crippen molar-refractivity contribution in [2.24, 2.45) is 5.41 Å². The topological polar surface area (TPSA) is 35.6 Å². The monoisotopic (exact) mass is 255 g/mol. The predicted molar refractivity (Wildman–Crippen MR) is 75.6 cm³/mol. The zero-order chi connectivity index (χ0) is 14.1. The van der Waals surface area contributed by atoms with E-state index in [0.29, 0.717) is 6.54 Å². The average Bonchev–Trinajstić information content (AvgIpc) is 2.26. The molecule has 1 aliphatic heterocycles. The van der Waals surface area contributed by atoms with Gasteiger partial charge in [-0.1, -0.05) is 13.8 Å². The van der Waals surface area contributed by atoms with Gasteiger partial charge in [-0.2, -0.15) is 0 Å². The number of amides is 1. The molecule has 0 radical (unpaired) electrons. The highest BCUT2D eigenvalue weighted by Crippen LogP contribution is 2.28. The van der Waals surface area contributed by atoms with Crippen molar-refractivity contribution in [2.75, 3.05) is 33.7 Å². The SMILES string of the molecule is CNCC1C(=O)N(C(C)(C)C)CC(C)(C)CN1C. The molecule has 1 unspecified atom stereocenters. The lowest BCUT2D eigenvalue weighted by Gasteiger charge is -2.39. The number of nitrogens with one attached hydrogen (secondary N) is 1. The molecule has 1 fully saturated rings. The molecule has 4 nitrogen and oxygen atoms in total. The minimum Gasteiger partial charge on any atom is -0.336 e. The van der Waals surface area contributed by atoms with Crippen molar-refractivity contribution in [1.82, 2.24) is 15.1 Å². The van der Waals surface area contributed by atoms with Crippen LogP contribution in [0.2, 0.25) is 0 Å². The Bertz CT molecular complexity index is 307. The molecule has 1 rings (SSSR count). The van der Waals surface area contributed by atoms with E-state index in [4.69, 9.17) is 0 Å². The lowest BCUT2D eigenvalue weighted by Crippen LogP contribution is -2.54. The summed E-state index contributed by atoms with van der Waals surface area (Å²) < 4.78 is 0. The standard InChI is InChI=1S/C14H29N3O/c1-13(2,3)17-10-14(4,5)9-16(7)11(8-15-6)12(17)18/h11,15H,8-10H2,1-7H3. The summed E-state index contributed by atoms with van der Waals surface area (Å²) >= 11 is 0. The number of rotatable bonds is 2. The fraction of sp³-hybridized carbons (Fsp3) is 0.929. The Kier molecular flexibility index (Phi) is 4.44. The first-order valence-electron chi connectivity index (χ1n) is 6.75. The molecule has 1 amide bonds. The third kappa shape index (κ3) is 3.45. The van der Waals surface area contributed by atoms with E-state index in [1.807, 2.05) is 19.0 Å². The molecular weight excluding hydrogens is 226 g/mol. The van der Waals surface area contributed by atoms with E-state index in [9.17, 15) is 4.79 Å². The van der Waals surface area contributed by atoms with Crippen molar-refractivity contribution in [3.8, 4) is 0 Å². The van der Waals surface area contributed by atoms with Gasteiger partial charge in [0.05, 0.1) is 0 Å². The van der Waals surface area contributed by atoms with E-state index in [1.54, 1.807) is 0 Å². The van der Waals surface area contributed by atoms with Gasteiger partial charge in [-0.3, -0.25) is 9.69 Å².